The Kier molecular flexibility index (Phi) is 6.50. The summed E-state index contributed by atoms with van der Waals surface area (Å²) in [6.07, 6.45) is 2.66. The van der Waals surface area contributed by atoms with Crippen LogP contribution in [0.25, 0.3) is 0 Å². The molecular formula is C15H32N2. The molecule has 0 radical (unpaired) electrons. The van der Waals surface area contributed by atoms with Crippen molar-refractivity contribution in [3.05, 3.63) is 0 Å². The van der Waals surface area contributed by atoms with E-state index in [1.54, 1.807) is 0 Å². The van der Waals surface area contributed by atoms with Crippen LogP contribution in [0, 0.1) is 17.8 Å². The molecule has 1 N–H and O–H groups in total. The Bertz CT molecular complexity index is 193. The van der Waals surface area contributed by atoms with Crippen molar-refractivity contribution in [3.63, 3.8) is 0 Å². The first kappa shape index (κ1) is 15.0. The van der Waals surface area contributed by atoms with Crippen molar-refractivity contribution < 1.29 is 0 Å². The molecule has 2 nitrogen and oxygen atoms in total. The predicted molar refractivity (Wildman–Crippen MR) is 76.3 cm³/mol. The van der Waals surface area contributed by atoms with E-state index < -0.39 is 0 Å². The fraction of sp³-hybridized carbons (Fsp3) is 1.00. The maximum Gasteiger partial charge on any atom is 0.00915 e. The quantitative estimate of drug-likeness (QED) is 0.768. The van der Waals surface area contributed by atoms with Crippen LogP contribution in [0.5, 0.6) is 0 Å². The molecule has 1 saturated heterocycles. The maximum absolute atomic E-state index is 3.75. The fourth-order valence-corrected chi connectivity index (χ4v) is 2.42. The van der Waals surface area contributed by atoms with Gasteiger partial charge in [-0.3, -0.25) is 0 Å². The second-order valence-corrected chi connectivity index (χ2v) is 6.60. The zero-order chi connectivity index (χ0) is 12.8. The summed E-state index contributed by atoms with van der Waals surface area (Å²) < 4.78 is 0. The van der Waals surface area contributed by atoms with Crippen LogP contribution in [0.4, 0.5) is 0 Å². The first-order valence-corrected chi connectivity index (χ1v) is 7.44. The van der Waals surface area contributed by atoms with Gasteiger partial charge in [0.25, 0.3) is 0 Å². The number of hydrogen-bond donors (Lipinski definition) is 1. The third kappa shape index (κ3) is 5.87. The highest BCUT2D eigenvalue weighted by atomic mass is 15.1. The van der Waals surface area contributed by atoms with Crippen molar-refractivity contribution in [2.75, 3.05) is 26.2 Å². The molecule has 1 atom stereocenters. The number of piperidine rings is 1. The molecule has 1 unspecified atom stereocenters. The summed E-state index contributed by atoms with van der Waals surface area (Å²) in [4.78, 5) is 2.62. The molecule has 0 amide bonds. The van der Waals surface area contributed by atoms with Gasteiger partial charge in [-0.05, 0) is 50.2 Å². The Morgan fingerprint density at radius 2 is 1.65 bits per heavy atom. The van der Waals surface area contributed by atoms with Gasteiger partial charge in [0.1, 0.15) is 0 Å². The van der Waals surface area contributed by atoms with E-state index in [4.69, 9.17) is 0 Å². The van der Waals surface area contributed by atoms with Crippen LogP contribution >= 0.6 is 0 Å². The molecule has 2 heteroatoms. The van der Waals surface area contributed by atoms with Crippen molar-refractivity contribution in [2.45, 2.75) is 53.5 Å². The monoisotopic (exact) mass is 240 g/mol. The van der Waals surface area contributed by atoms with Crippen LogP contribution in [-0.4, -0.2) is 37.1 Å². The lowest BCUT2D eigenvalue weighted by Crippen LogP contribution is -2.44. The van der Waals surface area contributed by atoms with Gasteiger partial charge in [0.2, 0.25) is 0 Å². The van der Waals surface area contributed by atoms with Crippen LogP contribution in [0.15, 0.2) is 0 Å². The number of hydrogen-bond acceptors (Lipinski definition) is 2. The van der Waals surface area contributed by atoms with Crippen LogP contribution in [0.3, 0.4) is 0 Å². The molecular weight excluding hydrogens is 208 g/mol. The molecule has 1 aliphatic rings. The van der Waals surface area contributed by atoms with Gasteiger partial charge in [-0.25, -0.2) is 0 Å². The SMILES string of the molecule is CC(C)CN1CCC(NCC(C)C(C)C)CC1. The Balaban J connectivity index is 2.15. The molecule has 0 aliphatic carbocycles. The van der Waals surface area contributed by atoms with Gasteiger partial charge in [0, 0.05) is 12.6 Å². The Hall–Kier alpha value is -0.0800. The van der Waals surface area contributed by atoms with Crippen molar-refractivity contribution in [3.8, 4) is 0 Å². The topological polar surface area (TPSA) is 15.3 Å². The summed E-state index contributed by atoms with van der Waals surface area (Å²) in [5.41, 5.74) is 0. The Morgan fingerprint density at radius 1 is 1.06 bits per heavy atom. The van der Waals surface area contributed by atoms with E-state index in [0.29, 0.717) is 0 Å². The smallest absolute Gasteiger partial charge is 0.00915 e. The van der Waals surface area contributed by atoms with Crippen molar-refractivity contribution >= 4 is 0 Å². The lowest BCUT2D eigenvalue weighted by Gasteiger charge is -2.34. The average molecular weight is 240 g/mol. The number of likely N-dealkylation sites (tertiary alicyclic amines) is 1. The van der Waals surface area contributed by atoms with Crippen molar-refractivity contribution in [1.82, 2.24) is 10.2 Å². The van der Waals surface area contributed by atoms with Crippen LogP contribution < -0.4 is 5.32 Å². The minimum Gasteiger partial charge on any atom is -0.314 e. The zero-order valence-electron chi connectivity index (χ0n) is 12.5. The van der Waals surface area contributed by atoms with Gasteiger partial charge in [-0.1, -0.05) is 34.6 Å². The number of rotatable bonds is 6. The highest BCUT2D eigenvalue weighted by molar-refractivity contribution is 4.78. The van der Waals surface area contributed by atoms with E-state index in [-0.39, 0.29) is 0 Å². The third-order valence-corrected chi connectivity index (χ3v) is 4.08. The largest absolute Gasteiger partial charge is 0.314 e. The van der Waals surface area contributed by atoms with E-state index in [1.165, 1.54) is 39.0 Å². The summed E-state index contributed by atoms with van der Waals surface area (Å²) >= 11 is 0. The molecule has 1 aliphatic heterocycles. The second kappa shape index (κ2) is 7.38. The van der Waals surface area contributed by atoms with Gasteiger partial charge in [0.15, 0.2) is 0 Å². The summed E-state index contributed by atoms with van der Waals surface area (Å²) in [5.74, 6) is 2.40. The Labute approximate surface area is 108 Å². The molecule has 0 aromatic carbocycles. The van der Waals surface area contributed by atoms with Gasteiger partial charge in [-0.15, -0.1) is 0 Å². The van der Waals surface area contributed by atoms with Gasteiger partial charge in [-0.2, -0.15) is 0 Å². The molecule has 0 aromatic heterocycles. The minimum absolute atomic E-state index is 0.764. The predicted octanol–water partition coefficient (Wildman–Crippen LogP) is 2.99. The summed E-state index contributed by atoms with van der Waals surface area (Å²) in [7, 11) is 0. The van der Waals surface area contributed by atoms with Crippen LogP contribution in [0.2, 0.25) is 0 Å². The van der Waals surface area contributed by atoms with E-state index >= 15 is 0 Å². The van der Waals surface area contributed by atoms with Crippen molar-refractivity contribution in [2.24, 2.45) is 17.8 Å². The first-order chi connectivity index (χ1) is 7.99. The molecule has 17 heavy (non-hydrogen) atoms. The third-order valence-electron chi connectivity index (χ3n) is 4.08. The number of nitrogens with one attached hydrogen (secondary N) is 1. The highest BCUT2D eigenvalue weighted by Crippen LogP contribution is 2.14. The van der Waals surface area contributed by atoms with Crippen molar-refractivity contribution in [1.29, 1.82) is 0 Å². The lowest BCUT2D eigenvalue weighted by atomic mass is 9.96. The molecule has 0 saturated carbocycles. The van der Waals surface area contributed by atoms with E-state index in [1.807, 2.05) is 0 Å². The summed E-state index contributed by atoms with van der Waals surface area (Å²) in [6.45, 7) is 16.6. The van der Waals surface area contributed by atoms with E-state index in [2.05, 4.69) is 44.8 Å². The molecule has 0 spiro atoms. The standard InChI is InChI=1S/C15H32N2/c1-12(2)11-17-8-6-15(7-9-17)16-10-14(5)13(3)4/h12-16H,6-11H2,1-5H3. The summed E-state index contributed by atoms with van der Waals surface area (Å²) in [5, 5.41) is 3.75. The van der Waals surface area contributed by atoms with E-state index in [9.17, 15) is 0 Å². The molecule has 0 aromatic rings. The lowest BCUT2D eigenvalue weighted by molar-refractivity contribution is 0.176. The second-order valence-electron chi connectivity index (χ2n) is 6.60. The molecule has 1 heterocycles. The Morgan fingerprint density at radius 3 is 2.12 bits per heavy atom. The minimum atomic E-state index is 0.764. The van der Waals surface area contributed by atoms with E-state index in [0.717, 1.165) is 23.8 Å². The number of nitrogens with zero attached hydrogens (tertiary/aromatic N) is 1. The zero-order valence-corrected chi connectivity index (χ0v) is 12.5. The van der Waals surface area contributed by atoms with Crippen LogP contribution in [0.1, 0.15) is 47.5 Å². The average Bonchev–Trinajstić information content (AvgIpc) is 2.26. The molecule has 1 rings (SSSR count). The van der Waals surface area contributed by atoms with Crippen LogP contribution in [-0.2, 0) is 0 Å². The first-order valence-electron chi connectivity index (χ1n) is 7.44. The highest BCUT2D eigenvalue weighted by Gasteiger charge is 2.19. The van der Waals surface area contributed by atoms with Gasteiger partial charge >= 0.3 is 0 Å². The van der Waals surface area contributed by atoms with Gasteiger partial charge < -0.3 is 10.2 Å². The fourth-order valence-electron chi connectivity index (χ4n) is 2.42. The molecule has 1 fully saturated rings. The van der Waals surface area contributed by atoms with Gasteiger partial charge in [0.05, 0.1) is 0 Å². The molecule has 0 bridgehead atoms. The normalized spacial score (nSPS) is 21.4. The summed E-state index contributed by atoms with van der Waals surface area (Å²) in [6, 6.07) is 0.764. The maximum atomic E-state index is 3.75. The molecule has 102 valence electrons.